The van der Waals surface area contributed by atoms with Crippen LogP contribution in [0.5, 0.6) is 0 Å². The van der Waals surface area contributed by atoms with Crippen molar-refractivity contribution >= 4 is 21.7 Å². The van der Waals surface area contributed by atoms with Gasteiger partial charge in [0, 0.05) is 24.7 Å². The number of hydrogen-bond donors (Lipinski definition) is 1. The van der Waals surface area contributed by atoms with Crippen molar-refractivity contribution < 1.29 is 23.1 Å². The number of aliphatic carboxylic acids is 1. The highest BCUT2D eigenvalue weighted by Crippen LogP contribution is 2.18. The largest absolute Gasteiger partial charge is 0.478 e. The van der Waals surface area contributed by atoms with E-state index in [9.17, 15) is 18.0 Å². The zero-order chi connectivity index (χ0) is 14.5. The van der Waals surface area contributed by atoms with Gasteiger partial charge in [-0.05, 0) is 12.8 Å². The van der Waals surface area contributed by atoms with Gasteiger partial charge in [0.1, 0.15) is 0 Å². The molecule has 108 valence electrons. The molecule has 1 N–H and O–H groups in total. The molecule has 1 atom stereocenters. The summed E-state index contributed by atoms with van der Waals surface area (Å²) in [5, 5.41) is 8.52. The van der Waals surface area contributed by atoms with E-state index in [0.717, 1.165) is 25.0 Å². The highest BCUT2D eigenvalue weighted by Gasteiger charge is 2.33. The summed E-state index contributed by atoms with van der Waals surface area (Å²) in [4.78, 5) is 23.8. The van der Waals surface area contributed by atoms with Gasteiger partial charge in [-0.25, -0.2) is 13.2 Å². The van der Waals surface area contributed by atoms with Crippen LogP contribution in [0, 0.1) is 0 Å². The van der Waals surface area contributed by atoms with Crippen molar-refractivity contribution in [3.63, 3.8) is 0 Å². The van der Waals surface area contributed by atoms with Gasteiger partial charge in [0.2, 0.25) is 5.91 Å². The van der Waals surface area contributed by atoms with Crippen molar-refractivity contribution in [2.45, 2.75) is 32.2 Å². The Morgan fingerprint density at radius 3 is 2.53 bits per heavy atom. The molecule has 19 heavy (non-hydrogen) atoms. The molecule has 0 radical (unpaired) electrons. The fourth-order valence-corrected chi connectivity index (χ4v) is 3.79. The van der Waals surface area contributed by atoms with E-state index < -0.39 is 21.7 Å². The molecule has 7 heteroatoms. The number of sulfone groups is 1. The van der Waals surface area contributed by atoms with Gasteiger partial charge in [0.15, 0.2) is 9.84 Å². The van der Waals surface area contributed by atoms with Gasteiger partial charge in [-0.3, -0.25) is 4.79 Å². The van der Waals surface area contributed by atoms with E-state index in [2.05, 4.69) is 0 Å². The molecule has 0 bridgehead atoms. The Kier molecular flexibility index (Phi) is 5.53. The maximum absolute atomic E-state index is 11.9. The molecule has 1 unspecified atom stereocenters. The quantitative estimate of drug-likeness (QED) is 0.716. The minimum atomic E-state index is -3.06. The van der Waals surface area contributed by atoms with Crippen LogP contribution in [0.4, 0.5) is 0 Å². The number of amides is 1. The van der Waals surface area contributed by atoms with Crippen LogP contribution in [0.25, 0.3) is 0 Å². The van der Waals surface area contributed by atoms with Gasteiger partial charge in [-0.1, -0.05) is 13.3 Å². The van der Waals surface area contributed by atoms with E-state index in [1.54, 1.807) is 0 Å². The fourth-order valence-electron chi connectivity index (χ4n) is 2.06. The smallest absolute Gasteiger partial charge is 0.328 e. The zero-order valence-electron chi connectivity index (χ0n) is 10.9. The molecule has 1 rings (SSSR count). The number of nitrogens with zero attached hydrogens (tertiary/aromatic N) is 1. The van der Waals surface area contributed by atoms with Crippen molar-refractivity contribution in [2.75, 3.05) is 18.1 Å². The maximum atomic E-state index is 11.9. The van der Waals surface area contributed by atoms with Crippen LogP contribution < -0.4 is 0 Å². The second-order valence-electron chi connectivity index (χ2n) is 4.61. The molecular formula is C12H19NO5S. The van der Waals surface area contributed by atoms with Crippen molar-refractivity contribution in [3.05, 3.63) is 12.2 Å². The number of carbonyl (C=O) groups excluding carboxylic acids is 1. The van der Waals surface area contributed by atoms with Gasteiger partial charge in [0.05, 0.1) is 11.5 Å². The van der Waals surface area contributed by atoms with Crippen LogP contribution in [0.15, 0.2) is 12.2 Å². The van der Waals surface area contributed by atoms with Crippen LogP contribution in [-0.4, -0.2) is 54.4 Å². The Hall–Kier alpha value is -1.37. The van der Waals surface area contributed by atoms with Gasteiger partial charge in [0.25, 0.3) is 0 Å². The van der Waals surface area contributed by atoms with Gasteiger partial charge >= 0.3 is 5.97 Å². The Bertz CT molecular complexity index is 469. The van der Waals surface area contributed by atoms with E-state index in [4.69, 9.17) is 5.11 Å². The lowest BCUT2D eigenvalue weighted by atomic mass is 10.2. The number of carbonyl (C=O) groups is 2. The number of carboxylic acid groups (broad SMARTS) is 1. The molecule has 0 spiro atoms. The first-order chi connectivity index (χ1) is 8.85. The fraction of sp³-hybridized carbons (Fsp3) is 0.667. The minimum absolute atomic E-state index is 0.0244. The van der Waals surface area contributed by atoms with Crippen LogP contribution in [0.2, 0.25) is 0 Å². The highest BCUT2D eigenvalue weighted by molar-refractivity contribution is 7.91. The van der Waals surface area contributed by atoms with Crippen molar-refractivity contribution in [2.24, 2.45) is 0 Å². The number of carboxylic acids is 1. The van der Waals surface area contributed by atoms with E-state index in [1.165, 1.54) is 4.90 Å². The average molecular weight is 289 g/mol. The molecule has 1 fully saturated rings. The van der Waals surface area contributed by atoms with E-state index in [-0.39, 0.29) is 17.5 Å². The van der Waals surface area contributed by atoms with Crippen LogP contribution in [-0.2, 0) is 19.4 Å². The molecule has 0 aromatic heterocycles. The molecule has 1 heterocycles. The highest BCUT2D eigenvalue weighted by atomic mass is 32.2. The summed E-state index contributed by atoms with van der Waals surface area (Å²) in [5.74, 6) is -1.56. The lowest BCUT2D eigenvalue weighted by molar-refractivity contribution is -0.132. The van der Waals surface area contributed by atoms with Crippen LogP contribution in [0.3, 0.4) is 0 Å². The third kappa shape index (κ3) is 5.02. The third-order valence-electron chi connectivity index (χ3n) is 3.05. The predicted molar refractivity (Wildman–Crippen MR) is 70.5 cm³/mol. The topological polar surface area (TPSA) is 91.8 Å². The molecule has 1 saturated heterocycles. The Morgan fingerprint density at radius 1 is 1.37 bits per heavy atom. The molecule has 1 aliphatic rings. The third-order valence-corrected chi connectivity index (χ3v) is 4.80. The van der Waals surface area contributed by atoms with Crippen LogP contribution >= 0.6 is 0 Å². The van der Waals surface area contributed by atoms with Crippen molar-refractivity contribution in [1.82, 2.24) is 4.90 Å². The van der Waals surface area contributed by atoms with Gasteiger partial charge in [-0.2, -0.15) is 0 Å². The Morgan fingerprint density at radius 2 is 2.05 bits per heavy atom. The summed E-state index contributed by atoms with van der Waals surface area (Å²) in [7, 11) is -3.06. The second kappa shape index (κ2) is 6.70. The summed E-state index contributed by atoms with van der Waals surface area (Å²) in [6.45, 7) is 2.43. The zero-order valence-corrected chi connectivity index (χ0v) is 11.7. The first-order valence-corrected chi connectivity index (χ1v) is 8.10. The van der Waals surface area contributed by atoms with Crippen molar-refractivity contribution in [3.8, 4) is 0 Å². The summed E-state index contributed by atoms with van der Waals surface area (Å²) in [5.41, 5.74) is 0. The average Bonchev–Trinajstić information content (AvgIpc) is 2.67. The number of rotatable bonds is 6. The van der Waals surface area contributed by atoms with Gasteiger partial charge < -0.3 is 10.0 Å². The van der Waals surface area contributed by atoms with E-state index in [0.29, 0.717) is 13.0 Å². The maximum Gasteiger partial charge on any atom is 0.328 e. The second-order valence-corrected chi connectivity index (χ2v) is 6.84. The monoisotopic (exact) mass is 289 g/mol. The van der Waals surface area contributed by atoms with E-state index in [1.807, 2.05) is 6.92 Å². The molecule has 6 nitrogen and oxygen atoms in total. The summed E-state index contributed by atoms with van der Waals surface area (Å²) < 4.78 is 22.9. The Labute approximate surface area is 113 Å². The van der Waals surface area contributed by atoms with Crippen LogP contribution in [0.1, 0.15) is 26.2 Å². The lowest BCUT2D eigenvalue weighted by Crippen LogP contribution is -2.41. The predicted octanol–water partition coefficient (Wildman–Crippen LogP) is 0.443. The summed E-state index contributed by atoms with van der Waals surface area (Å²) in [6, 6.07) is -0.331. The molecule has 0 saturated carbocycles. The molecule has 1 aliphatic heterocycles. The molecule has 0 aliphatic carbocycles. The molecule has 0 aromatic rings. The Balaban J connectivity index is 2.77. The minimum Gasteiger partial charge on any atom is -0.478 e. The first kappa shape index (κ1) is 15.7. The molecule has 0 aromatic carbocycles. The lowest BCUT2D eigenvalue weighted by Gasteiger charge is -2.27. The number of hydrogen-bond acceptors (Lipinski definition) is 4. The van der Waals surface area contributed by atoms with Gasteiger partial charge in [-0.15, -0.1) is 0 Å². The molecular weight excluding hydrogens is 270 g/mol. The van der Waals surface area contributed by atoms with Crippen molar-refractivity contribution in [1.29, 1.82) is 0 Å². The SMILES string of the molecule is CCCCN(C(=O)/C=C/C(=O)O)C1CCS(=O)(=O)C1. The number of unbranched alkanes of at least 4 members (excludes halogenated alkanes) is 1. The summed E-state index contributed by atoms with van der Waals surface area (Å²) >= 11 is 0. The standard InChI is InChI=1S/C12H19NO5S/c1-2-3-7-13(11(14)4-5-12(15)16)10-6-8-19(17,18)9-10/h4-5,10H,2-3,6-9H2,1H3,(H,15,16)/b5-4+. The summed E-state index contributed by atoms with van der Waals surface area (Å²) in [6.07, 6.45) is 3.85. The van der Waals surface area contributed by atoms with E-state index >= 15 is 0 Å². The normalized spacial score (nSPS) is 21.6. The molecule has 1 amide bonds. The first-order valence-electron chi connectivity index (χ1n) is 6.27.